The third-order valence-corrected chi connectivity index (χ3v) is 3.55. The molecule has 1 fully saturated rings. The Morgan fingerprint density at radius 2 is 2.50 bits per heavy atom. The molecule has 0 saturated carbocycles. The van der Waals surface area contributed by atoms with Gasteiger partial charge in [-0.15, -0.1) is 0 Å². The molecule has 5 heteroatoms. The minimum atomic E-state index is 0.481. The lowest BCUT2D eigenvalue weighted by Crippen LogP contribution is -2.39. The molecule has 1 aromatic heterocycles. The lowest BCUT2D eigenvalue weighted by molar-refractivity contribution is 0.199. The second kappa shape index (κ2) is 6.92. The van der Waals surface area contributed by atoms with Crippen LogP contribution < -0.4 is 10.2 Å². The number of anilines is 1. The van der Waals surface area contributed by atoms with Gasteiger partial charge >= 0.3 is 0 Å². The zero-order valence-corrected chi connectivity index (χ0v) is 11.5. The van der Waals surface area contributed by atoms with Gasteiger partial charge in [0.2, 0.25) is 0 Å². The lowest BCUT2D eigenvalue weighted by atomic mass is 10.2. The number of hydrogen-bond donors (Lipinski definition) is 1. The molecule has 1 aromatic rings. The third-order valence-electron chi connectivity index (χ3n) is 3.25. The molecular formula is C13H20ClN3O. The zero-order chi connectivity index (χ0) is 12.8. The van der Waals surface area contributed by atoms with Crippen LogP contribution in [0.4, 0.5) is 5.82 Å². The van der Waals surface area contributed by atoms with Crippen molar-refractivity contribution in [2.75, 3.05) is 38.3 Å². The fourth-order valence-electron chi connectivity index (χ4n) is 2.36. The summed E-state index contributed by atoms with van der Waals surface area (Å²) in [5.74, 6) is 0.912. The summed E-state index contributed by atoms with van der Waals surface area (Å²) in [5, 5.41) is 4.15. The van der Waals surface area contributed by atoms with E-state index in [4.69, 9.17) is 16.3 Å². The standard InChI is InChI=1S/C13H20ClN3O/c1-18-9-7-15-10-11-4-3-8-17(11)13-12(14)5-2-6-16-13/h2,5-6,11,15H,3-4,7-10H2,1H3. The lowest BCUT2D eigenvalue weighted by Gasteiger charge is -2.26. The minimum Gasteiger partial charge on any atom is -0.383 e. The molecule has 0 bridgehead atoms. The van der Waals surface area contributed by atoms with Crippen LogP contribution in [0.5, 0.6) is 0 Å². The molecule has 2 rings (SSSR count). The zero-order valence-electron chi connectivity index (χ0n) is 10.7. The topological polar surface area (TPSA) is 37.4 Å². The average Bonchev–Trinajstić information content (AvgIpc) is 2.83. The van der Waals surface area contributed by atoms with E-state index in [0.29, 0.717) is 6.04 Å². The summed E-state index contributed by atoms with van der Waals surface area (Å²) in [6.45, 7) is 3.62. The van der Waals surface area contributed by atoms with Gasteiger partial charge in [-0.2, -0.15) is 0 Å². The van der Waals surface area contributed by atoms with Gasteiger partial charge in [0.1, 0.15) is 5.82 Å². The van der Waals surface area contributed by atoms with Gasteiger partial charge < -0.3 is 15.0 Å². The van der Waals surface area contributed by atoms with Crippen molar-refractivity contribution in [3.63, 3.8) is 0 Å². The van der Waals surface area contributed by atoms with E-state index in [1.807, 2.05) is 12.1 Å². The molecule has 100 valence electrons. The normalized spacial score (nSPS) is 19.4. The maximum atomic E-state index is 6.21. The number of nitrogens with one attached hydrogen (secondary N) is 1. The van der Waals surface area contributed by atoms with E-state index in [1.165, 1.54) is 12.8 Å². The number of nitrogens with zero attached hydrogens (tertiary/aromatic N) is 2. The Morgan fingerprint density at radius 1 is 1.61 bits per heavy atom. The number of rotatable bonds is 6. The minimum absolute atomic E-state index is 0.481. The molecule has 2 heterocycles. The molecule has 0 spiro atoms. The number of aromatic nitrogens is 1. The highest BCUT2D eigenvalue weighted by atomic mass is 35.5. The van der Waals surface area contributed by atoms with Gasteiger partial charge in [-0.1, -0.05) is 11.6 Å². The molecule has 1 unspecified atom stereocenters. The van der Waals surface area contributed by atoms with Crippen LogP contribution in [0.25, 0.3) is 0 Å². The van der Waals surface area contributed by atoms with Crippen LogP contribution in [-0.2, 0) is 4.74 Å². The first-order chi connectivity index (χ1) is 8.83. The van der Waals surface area contributed by atoms with Crippen LogP contribution >= 0.6 is 11.6 Å². The van der Waals surface area contributed by atoms with Gasteiger partial charge in [0.15, 0.2) is 0 Å². The first-order valence-electron chi connectivity index (χ1n) is 6.39. The Labute approximate surface area is 113 Å². The van der Waals surface area contributed by atoms with Gasteiger partial charge in [0.25, 0.3) is 0 Å². The SMILES string of the molecule is COCCNCC1CCCN1c1ncccc1Cl. The summed E-state index contributed by atoms with van der Waals surface area (Å²) in [4.78, 5) is 6.70. The number of pyridine rings is 1. The summed E-state index contributed by atoms with van der Waals surface area (Å²) in [7, 11) is 1.72. The maximum absolute atomic E-state index is 6.21. The first-order valence-corrected chi connectivity index (χ1v) is 6.77. The van der Waals surface area contributed by atoms with Gasteiger partial charge in [-0.05, 0) is 25.0 Å². The van der Waals surface area contributed by atoms with Crippen LogP contribution in [0, 0.1) is 0 Å². The van der Waals surface area contributed by atoms with E-state index < -0.39 is 0 Å². The van der Waals surface area contributed by atoms with Crippen molar-refractivity contribution in [3.05, 3.63) is 23.4 Å². The van der Waals surface area contributed by atoms with Crippen LogP contribution in [0.1, 0.15) is 12.8 Å². The molecular weight excluding hydrogens is 250 g/mol. The van der Waals surface area contributed by atoms with Gasteiger partial charge in [0.05, 0.1) is 11.6 Å². The molecule has 0 aliphatic carbocycles. The molecule has 1 aliphatic rings. The van der Waals surface area contributed by atoms with Crippen LogP contribution in [0.15, 0.2) is 18.3 Å². The average molecular weight is 270 g/mol. The molecule has 0 amide bonds. The Morgan fingerprint density at radius 3 is 3.28 bits per heavy atom. The van der Waals surface area contributed by atoms with E-state index in [0.717, 1.165) is 37.1 Å². The molecule has 1 saturated heterocycles. The van der Waals surface area contributed by atoms with Crippen molar-refractivity contribution in [1.29, 1.82) is 0 Å². The molecule has 1 aliphatic heterocycles. The van der Waals surface area contributed by atoms with E-state index in [1.54, 1.807) is 13.3 Å². The van der Waals surface area contributed by atoms with Crippen LogP contribution in [-0.4, -0.2) is 44.4 Å². The van der Waals surface area contributed by atoms with Crippen molar-refractivity contribution in [2.45, 2.75) is 18.9 Å². The van der Waals surface area contributed by atoms with Gasteiger partial charge in [0, 0.05) is 39.0 Å². The molecule has 0 radical (unpaired) electrons. The quantitative estimate of drug-likeness (QED) is 0.801. The van der Waals surface area contributed by atoms with E-state index >= 15 is 0 Å². The summed E-state index contributed by atoms with van der Waals surface area (Å²) < 4.78 is 5.03. The second-order valence-corrected chi connectivity index (χ2v) is 4.90. The maximum Gasteiger partial charge on any atom is 0.147 e. The van der Waals surface area contributed by atoms with Crippen LogP contribution in [0.2, 0.25) is 5.02 Å². The largest absolute Gasteiger partial charge is 0.383 e. The van der Waals surface area contributed by atoms with Gasteiger partial charge in [-0.25, -0.2) is 4.98 Å². The van der Waals surface area contributed by atoms with E-state index in [9.17, 15) is 0 Å². The summed E-state index contributed by atoms with van der Waals surface area (Å²) in [6, 6.07) is 4.25. The van der Waals surface area contributed by atoms with Crippen molar-refractivity contribution in [1.82, 2.24) is 10.3 Å². The first kappa shape index (κ1) is 13.6. The Bertz CT molecular complexity index is 375. The number of halogens is 1. The highest BCUT2D eigenvalue weighted by molar-refractivity contribution is 6.32. The molecule has 1 atom stereocenters. The third kappa shape index (κ3) is 3.34. The van der Waals surface area contributed by atoms with Crippen molar-refractivity contribution >= 4 is 17.4 Å². The van der Waals surface area contributed by atoms with E-state index in [2.05, 4.69) is 15.2 Å². The monoisotopic (exact) mass is 269 g/mol. The summed E-state index contributed by atoms with van der Waals surface area (Å²) in [5.41, 5.74) is 0. The van der Waals surface area contributed by atoms with E-state index in [-0.39, 0.29) is 0 Å². The predicted molar refractivity (Wildman–Crippen MR) is 74.4 cm³/mol. The van der Waals surface area contributed by atoms with Gasteiger partial charge in [-0.3, -0.25) is 0 Å². The summed E-state index contributed by atoms with van der Waals surface area (Å²) in [6.07, 6.45) is 4.19. The molecule has 1 N–H and O–H groups in total. The predicted octanol–water partition coefficient (Wildman–Crippen LogP) is 1.94. The van der Waals surface area contributed by atoms with Crippen LogP contribution in [0.3, 0.4) is 0 Å². The highest BCUT2D eigenvalue weighted by Gasteiger charge is 2.26. The Hall–Kier alpha value is -0.840. The smallest absolute Gasteiger partial charge is 0.147 e. The molecule has 4 nitrogen and oxygen atoms in total. The van der Waals surface area contributed by atoms with Crippen molar-refractivity contribution in [3.8, 4) is 0 Å². The molecule has 18 heavy (non-hydrogen) atoms. The number of ether oxygens (including phenoxy) is 1. The highest BCUT2D eigenvalue weighted by Crippen LogP contribution is 2.29. The van der Waals surface area contributed by atoms with Crippen molar-refractivity contribution < 1.29 is 4.74 Å². The summed E-state index contributed by atoms with van der Waals surface area (Å²) >= 11 is 6.21. The number of methoxy groups -OCH3 is 1. The number of hydrogen-bond acceptors (Lipinski definition) is 4. The second-order valence-electron chi connectivity index (χ2n) is 4.50. The fraction of sp³-hybridized carbons (Fsp3) is 0.615. The Kier molecular flexibility index (Phi) is 5.23. The Balaban J connectivity index is 1.93. The van der Waals surface area contributed by atoms with Crippen molar-refractivity contribution in [2.24, 2.45) is 0 Å². The molecule has 0 aromatic carbocycles. The fourth-order valence-corrected chi connectivity index (χ4v) is 2.59.